The Balaban J connectivity index is 1.33. The van der Waals surface area contributed by atoms with Crippen LogP contribution in [0, 0.1) is 28.6 Å². The quantitative estimate of drug-likeness (QED) is 0.148. The zero-order chi connectivity index (χ0) is 26.5. The molecule has 4 rings (SSSR count). The summed E-state index contributed by atoms with van der Waals surface area (Å²) in [6, 6.07) is 0. The number of allylic oxidation sites excluding steroid dienone is 1. The molecule has 3 saturated carbocycles. The molecule has 0 spiro atoms. The topological polar surface area (TPSA) is 52.6 Å². The van der Waals surface area contributed by atoms with Gasteiger partial charge in [0.15, 0.2) is 0 Å². The molecule has 3 fully saturated rings. The van der Waals surface area contributed by atoms with E-state index in [4.69, 9.17) is 9.47 Å². The molecule has 0 N–H and O–H groups in total. The van der Waals surface area contributed by atoms with Crippen molar-refractivity contribution in [2.45, 2.75) is 155 Å². The van der Waals surface area contributed by atoms with E-state index >= 15 is 0 Å². The van der Waals surface area contributed by atoms with E-state index in [0.717, 1.165) is 57.8 Å². The number of carbonyl (C=O) groups excluding carboxylic acids is 2. The number of hydrogen-bond acceptors (Lipinski definition) is 4. The van der Waals surface area contributed by atoms with Crippen molar-refractivity contribution < 1.29 is 19.1 Å². The average molecular weight is 515 g/mol. The first-order chi connectivity index (χ1) is 17.8. The summed E-state index contributed by atoms with van der Waals surface area (Å²) in [7, 11) is 0. The summed E-state index contributed by atoms with van der Waals surface area (Å²) in [5, 5.41) is 0. The van der Waals surface area contributed by atoms with Crippen LogP contribution >= 0.6 is 0 Å². The highest BCUT2D eigenvalue weighted by molar-refractivity contribution is 5.70. The number of rotatable bonds is 12. The molecule has 0 bridgehead atoms. The molecular weight excluding hydrogens is 460 g/mol. The Bertz CT molecular complexity index is 817. The minimum Gasteiger partial charge on any atom is -0.462 e. The van der Waals surface area contributed by atoms with Gasteiger partial charge in [-0.2, -0.15) is 0 Å². The summed E-state index contributed by atoms with van der Waals surface area (Å²) in [4.78, 5) is 25.0. The summed E-state index contributed by atoms with van der Waals surface area (Å²) in [6.45, 7) is 9.33. The van der Waals surface area contributed by atoms with Crippen LogP contribution < -0.4 is 0 Å². The summed E-state index contributed by atoms with van der Waals surface area (Å²) in [5.74, 6) is 2.08. The van der Waals surface area contributed by atoms with Crippen molar-refractivity contribution in [1.82, 2.24) is 0 Å². The van der Waals surface area contributed by atoms with Crippen molar-refractivity contribution in [3.8, 4) is 0 Å². The largest absolute Gasteiger partial charge is 0.462 e. The van der Waals surface area contributed by atoms with Gasteiger partial charge in [-0.3, -0.25) is 9.59 Å². The van der Waals surface area contributed by atoms with E-state index in [0.29, 0.717) is 30.6 Å². The number of fused-ring (bicyclic) bond motifs is 5. The van der Waals surface area contributed by atoms with Crippen molar-refractivity contribution >= 4 is 11.9 Å². The predicted molar refractivity (Wildman–Crippen MR) is 149 cm³/mol. The molecule has 0 amide bonds. The highest BCUT2D eigenvalue weighted by Crippen LogP contribution is 2.65. The van der Waals surface area contributed by atoms with Gasteiger partial charge in [-0.15, -0.1) is 0 Å². The third-order valence-electron chi connectivity index (χ3n) is 11.0. The Hall–Kier alpha value is -1.32. The Morgan fingerprint density at radius 3 is 2.16 bits per heavy atom. The Morgan fingerprint density at radius 2 is 1.49 bits per heavy atom. The Labute approximate surface area is 226 Å². The average Bonchev–Trinajstić information content (AvgIpc) is 3.20. The molecule has 0 heterocycles. The van der Waals surface area contributed by atoms with Gasteiger partial charge in [-0.05, 0) is 81.0 Å². The minimum absolute atomic E-state index is 0.00401. The number of ether oxygens (including phenoxy) is 2. The number of esters is 2. The molecule has 0 aromatic heterocycles. The molecule has 7 unspecified atom stereocenters. The molecule has 0 aromatic carbocycles. The maximum atomic E-state index is 12.6. The van der Waals surface area contributed by atoms with Crippen LogP contribution in [0.2, 0.25) is 0 Å². The SMILES string of the molecule is CCCCCCC(=O)OC1CCC2(C)C(=CCC3C2CCC2(C)C(OC(=O)CCCCCC)CCC32)C1. The molecule has 37 heavy (non-hydrogen) atoms. The van der Waals surface area contributed by atoms with E-state index in [9.17, 15) is 9.59 Å². The molecule has 0 saturated heterocycles. The van der Waals surface area contributed by atoms with Crippen LogP contribution in [0.1, 0.15) is 143 Å². The van der Waals surface area contributed by atoms with Gasteiger partial charge < -0.3 is 9.47 Å². The molecule has 210 valence electrons. The smallest absolute Gasteiger partial charge is 0.306 e. The lowest BCUT2D eigenvalue weighted by Crippen LogP contribution is -2.51. The highest BCUT2D eigenvalue weighted by Gasteiger charge is 2.59. The van der Waals surface area contributed by atoms with Gasteiger partial charge in [0, 0.05) is 24.7 Å². The third-order valence-corrected chi connectivity index (χ3v) is 11.0. The molecule has 0 aliphatic heterocycles. The van der Waals surface area contributed by atoms with Crippen LogP contribution in [-0.4, -0.2) is 24.1 Å². The first-order valence-corrected chi connectivity index (χ1v) is 15.9. The van der Waals surface area contributed by atoms with Gasteiger partial charge in [-0.25, -0.2) is 0 Å². The van der Waals surface area contributed by atoms with E-state index in [-0.39, 0.29) is 35.0 Å². The van der Waals surface area contributed by atoms with E-state index in [1.54, 1.807) is 5.57 Å². The van der Waals surface area contributed by atoms with Crippen LogP contribution in [0.3, 0.4) is 0 Å². The zero-order valence-corrected chi connectivity index (χ0v) is 24.3. The Morgan fingerprint density at radius 1 is 0.811 bits per heavy atom. The van der Waals surface area contributed by atoms with E-state index in [1.165, 1.54) is 44.9 Å². The first kappa shape index (κ1) is 28.7. The van der Waals surface area contributed by atoms with Crippen LogP contribution in [0.25, 0.3) is 0 Å². The molecule has 7 atom stereocenters. The number of carbonyl (C=O) groups is 2. The monoisotopic (exact) mass is 514 g/mol. The Kier molecular flexibility index (Phi) is 9.84. The fourth-order valence-electron chi connectivity index (χ4n) is 8.73. The van der Waals surface area contributed by atoms with Crippen molar-refractivity contribution in [3.63, 3.8) is 0 Å². The maximum Gasteiger partial charge on any atom is 0.306 e. The van der Waals surface area contributed by atoms with Gasteiger partial charge in [0.05, 0.1) is 0 Å². The van der Waals surface area contributed by atoms with E-state index < -0.39 is 0 Å². The van der Waals surface area contributed by atoms with E-state index in [1.807, 2.05) is 0 Å². The zero-order valence-electron chi connectivity index (χ0n) is 24.3. The second-order valence-corrected chi connectivity index (χ2v) is 13.3. The molecule has 4 heteroatoms. The highest BCUT2D eigenvalue weighted by atomic mass is 16.5. The molecule has 4 aliphatic carbocycles. The maximum absolute atomic E-state index is 12.6. The lowest BCUT2D eigenvalue weighted by atomic mass is 9.48. The molecular formula is C33H54O4. The standard InChI is InChI=1S/C33H54O4/c1-5-7-9-11-13-30(34)36-25-19-21-32(3)24(23-25)15-16-26-27-17-18-29(33(27,4)22-20-28(26)32)37-31(35)14-12-10-8-6-2/h15,25-29H,5-14,16-23H2,1-4H3. The van der Waals surface area contributed by atoms with Crippen molar-refractivity contribution in [2.24, 2.45) is 28.6 Å². The van der Waals surface area contributed by atoms with Crippen molar-refractivity contribution in [1.29, 1.82) is 0 Å². The molecule has 4 nitrogen and oxygen atoms in total. The summed E-state index contributed by atoms with van der Waals surface area (Å²) in [6.07, 6.45) is 21.7. The third kappa shape index (κ3) is 6.30. The normalized spacial score (nSPS) is 36.6. The predicted octanol–water partition coefficient (Wildman–Crippen LogP) is 8.71. The van der Waals surface area contributed by atoms with Crippen molar-refractivity contribution in [3.05, 3.63) is 11.6 Å². The second-order valence-electron chi connectivity index (χ2n) is 13.3. The van der Waals surface area contributed by atoms with E-state index in [2.05, 4.69) is 33.8 Å². The summed E-state index contributed by atoms with van der Waals surface area (Å²) >= 11 is 0. The van der Waals surface area contributed by atoms with Crippen LogP contribution in [0.5, 0.6) is 0 Å². The van der Waals surface area contributed by atoms with Gasteiger partial charge >= 0.3 is 11.9 Å². The van der Waals surface area contributed by atoms with Crippen LogP contribution in [-0.2, 0) is 19.1 Å². The molecule has 4 aliphatic rings. The van der Waals surface area contributed by atoms with Gasteiger partial charge in [0.25, 0.3) is 0 Å². The minimum atomic E-state index is 0.00401. The fourth-order valence-corrected chi connectivity index (χ4v) is 8.73. The molecule has 0 aromatic rings. The summed E-state index contributed by atoms with van der Waals surface area (Å²) in [5.41, 5.74) is 1.93. The van der Waals surface area contributed by atoms with Crippen LogP contribution in [0.4, 0.5) is 0 Å². The fraction of sp³-hybridized carbons (Fsp3) is 0.879. The summed E-state index contributed by atoms with van der Waals surface area (Å²) < 4.78 is 12.1. The number of unbranched alkanes of at least 4 members (excludes halogenated alkanes) is 6. The first-order valence-electron chi connectivity index (χ1n) is 15.9. The number of hydrogen-bond donors (Lipinski definition) is 0. The molecule has 0 radical (unpaired) electrons. The lowest BCUT2D eigenvalue weighted by molar-refractivity contribution is -0.159. The van der Waals surface area contributed by atoms with Gasteiger partial charge in [0.1, 0.15) is 12.2 Å². The lowest BCUT2D eigenvalue weighted by Gasteiger charge is -2.57. The van der Waals surface area contributed by atoms with Crippen LogP contribution in [0.15, 0.2) is 11.6 Å². The second kappa shape index (κ2) is 12.7. The van der Waals surface area contributed by atoms with Gasteiger partial charge in [0.2, 0.25) is 0 Å². The van der Waals surface area contributed by atoms with Gasteiger partial charge in [-0.1, -0.05) is 77.9 Å². The van der Waals surface area contributed by atoms with Crippen molar-refractivity contribution in [2.75, 3.05) is 0 Å².